The first-order chi connectivity index (χ1) is 7.84. The van der Waals surface area contributed by atoms with Gasteiger partial charge in [-0.15, -0.1) is 0 Å². The molecule has 0 radical (unpaired) electrons. The van der Waals surface area contributed by atoms with Gasteiger partial charge in [0.15, 0.2) is 0 Å². The summed E-state index contributed by atoms with van der Waals surface area (Å²) in [6.45, 7) is 7.51. The van der Waals surface area contributed by atoms with Crippen molar-refractivity contribution >= 4 is 0 Å². The third-order valence-electron chi connectivity index (χ3n) is 4.05. The van der Waals surface area contributed by atoms with Crippen LogP contribution in [0.1, 0.15) is 25.7 Å². The summed E-state index contributed by atoms with van der Waals surface area (Å²) in [5, 5.41) is 7.08. The summed E-state index contributed by atoms with van der Waals surface area (Å²) in [5.41, 5.74) is 0. The van der Waals surface area contributed by atoms with Gasteiger partial charge in [-0.1, -0.05) is 0 Å². The highest BCUT2D eigenvalue weighted by atomic mass is 15.1. The summed E-state index contributed by atoms with van der Waals surface area (Å²) in [6, 6.07) is 0. The molecule has 2 saturated heterocycles. The maximum absolute atomic E-state index is 3.65. The quantitative estimate of drug-likeness (QED) is 0.681. The number of hydrogen-bond acceptors (Lipinski definition) is 3. The van der Waals surface area contributed by atoms with Crippen molar-refractivity contribution < 1.29 is 0 Å². The molecule has 16 heavy (non-hydrogen) atoms. The number of likely N-dealkylation sites (tertiary alicyclic amines) is 1. The van der Waals surface area contributed by atoms with Crippen molar-refractivity contribution in [1.82, 2.24) is 15.5 Å². The van der Waals surface area contributed by atoms with Gasteiger partial charge >= 0.3 is 0 Å². The Morgan fingerprint density at radius 3 is 3.00 bits per heavy atom. The van der Waals surface area contributed by atoms with Crippen LogP contribution in [0.5, 0.6) is 0 Å². The number of piperidine rings is 1. The largest absolute Gasteiger partial charge is 0.316 e. The van der Waals surface area contributed by atoms with Crippen molar-refractivity contribution in [3.63, 3.8) is 0 Å². The van der Waals surface area contributed by atoms with Crippen LogP contribution in [0.2, 0.25) is 0 Å². The van der Waals surface area contributed by atoms with Crippen LogP contribution in [0.4, 0.5) is 0 Å². The first-order valence-electron chi connectivity index (χ1n) is 6.94. The molecule has 0 aromatic heterocycles. The van der Waals surface area contributed by atoms with E-state index >= 15 is 0 Å². The zero-order valence-corrected chi connectivity index (χ0v) is 10.7. The molecule has 2 aliphatic heterocycles. The Morgan fingerprint density at radius 1 is 1.31 bits per heavy atom. The van der Waals surface area contributed by atoms with Gasteiger partial charge in [0.05, 0.1) is 0 Å². The minimum Gasteiger partial charge on any atom is -0.316 e. The molecule has 3 heteroatoms. The first kappa shape index (κ1) is 12.3. The van der Waals surface area contributed by atoms with E-state index in [0.717, 1.165) is 11.8 Å². The molecule has 0 spiro atoms. The monoisotopic (exact) mass is 225 g/mol. The molecule has 0 amide bonds. The SMILES string of the molecule is CN1CCCC(CNCCC2CCNC2)C1. The Hall–Kier alpha value is -0.120. The molecule has 0 bridgehead atoms. The third-order valence-corrected chi connectivity index (χ3v) is 4.05. The smallest absolute Gasteiger partial charge is 0.00187 e. The Bertz CT molecular complexity index is 190. The zero-order valence-electron chi connectivity index (χ0n) is 10.7. The van der Waals surface area contributed by atoms with E-state index in [1.165, 1.54) is 65.0 Å². The van der Waals surface area contributed by atoms with Crippen LogP contribution in [0.3, 0.4) is 0 Å². The minimum absolute atomic E-state index is 0.889. The van der Waals surface area contributed by atoms with Crippen molar-refractivity contribution in [2.75, 3.05) is 46.3 Å². The molecule has 2 fully saturated rings. The molecule has 0 aromatic carbocycles. The van der Waals surface area contributed by atoms with Crippen LogP contribution < -0.4 is 10.6 Å². The summed E-state index contributed by atoms with van der Waals surface area (Å²) in [4.78, 5) is 2.47. The standard InChI is InChI=1S/C13H27N3/c1-16-8-2-3-13(11-16)10-15-7-5-12-4-6-14-9-12/h12-15H,2-11H2,1H3. The molecule has 94 valence electrons. The van der Waals surface area contributed by atoms with E-state index in [9.17, 15) is 0 Å². The van der Waals surface area contributed by atoms with E-state index in [1.807, 2.05) is 0 Å². The summed E-state index contributed by atoms with van der Waals surface area (Å²) >= 11 is 0. The lowest BCUT2D eigenvalue weighted by atomic mass is 9.98. The van der Waals surface area contributed by atoms with E-state index in [0.29, 0.717) is 0 Å². The first-order valence-corrected chi connectivity index (χ1v) is 6.94. The molecular weight excluding hydrogens is 198 g/mol. The van der Waals surface area contributed by atoms with Crippen LogP contribution in [-0.4, -0.2) is 51.2 Å². The van der Waals surface area contributed by atoms with Gasteiger partial charge in [0.2, 0.25) is 0 Å². The van der Waals surface area contributed by atoms with Gasteiger partial charge in [0, 0.05) is 6.54 Å². The normalized spacial score (nSPS) is 32.1. The lowest BCUT2D eigenvalue weighted by molar-refractivity contribution is 0.206. The molecule has 2 aliphatic rings. The van der Waals surface area contributed by atoms with E-state index in [-0.39, 0.29) is 0 Å². The van der Waals surface area contributed by atoms with Gasteiger partial charge in [-0.2, -0.15) is 0 Å². The lowest BCUT2D eigenvalue weighted by Crippen LogP contribution is -2.37. The molecule has 0 aromatic rings. The molecule has 2 N–H and O–H groups in total. The molecule has 2 unspecified atom stereocenters. The zero-order chi connectivity index (χ0) is 11.2. The van der Waals surface area contributed by atoms with E-state index in [4.69, 9.17) is 0 Å². The number of nitrogens with one attached hydrogen (secondary N) is 2. The lowest BCUT2D eigenvalue weighted by Gasteiger charge is -2.29. The second kappa shape index (κ2) is 6.58. The fourth-order valence-corrected chi connectivity index (χ4v) is 3.01. The predicted octanol–water partition coefficient (Wildman–Crippen LogP) is 0.917. The van der Waals surface area contributed by atoms with Gasteiger partial charge in [-0.05, 0) is 77.3 Å². The van der Waals surface area contributed by atoms with Crippen molar-refractivity contribution in [2.24, 2.45) is 11.8 Å². The van der Waals surface area contributed by atoms with E-state index in [1.54, 1.807) is 0 Å². The Balaban J connectivity index is 1.50. The van der Waals surface area contributed by atoms with Crippen LogP contribution >= 0.6 is 0 Å². The van der Waals surface area contributed by atoms with Crippen LogP contribution in [-0.2, 0) is 0 Å². The Labute approximate surface area is 100.0 Å². The summed E-state index contributed by atoms with van der Waals surface area (Å²) in [6.07, 6.45) is 5.54. The molecule has 3 nitrogen and oxygen atoms in total. The highest BCUT2D eigenvalue weighted by Crippen LogP contribution is 2.14. The molecule has 0 aliphatic carbocycles. The average molecular weight is 225 g/mol. The summed E-state index contributed by atoms with van der Waals surface area (Å²) in [7, 11) is 2.25. The maximum atomic E-state index is 3.65. The molecule has 2 heterocycles. The Morgan fingerprint density at radius 2 is 2.25 bits per heavy atom. The van der Waals surface area contributed by atoms with Crippen molar-refractivity contribution in [2.45, 2.75) is 25.7 Å². The Kier molecular flexibility index (Phi) is 5.07. The van der Waals surface area contributed by atoms with Crippen LogP contribution in [0.25, 0.3) is 0 Å². The summed E-state index contributed by atoms with van der Waals surface area (Å²) in [5.74, 6) is 1.82. The van der Waals surface area contributed by atoms with Gasteiger partial charge in [0.25, 0.3) is 0 Å². The second-order valence-corrected chi connectivity index (χ2v) is 5.62. The number of hydrogen-bond donors (Lipinski definition) is 2. The van der Waals surface area contributed by atoms with Crippen LogP contribution in [0, 0.1) is 11.8 Å². The minimum atomic E-state index is 0.889. The number of nitrogens with zero attached hydrogens (tertiary/aromatic N) is 1. The van der Waals surface area contributed by atoms with Crippen molar-refractivity contribution in [3.05, 3.63) is 0 Å². The fourth-order valence-electron chi connectivity index (χ4n) is 3.01. The van der Waals surface area contributed by atoms with E-state index in [2.05, 4.69) is 22.6 Å². The molecular formula is C13H27N3. The summed E-state index contributed by atoms with van der Waals surface area (Å²) < 4.78 is 0. The van der Waals surface area contributed by atoms with Gasteiger partial charge < -0.3 is 15.5 Å². The van der Waals surface area contributed by atoms with Crippen molar-refractivity contribution in [3.8, 4) is 0 Å². The average Bonchev–Trinajstić information content (AvgIpc) is 2.77. The molecule has 2 atom stereocenters. The highest BCUT2D eigenvalue weighted by molar-refractivity contribution is 4.74. The predicted molar refractivity (Wildman–Crippen MR) is 68.7 cm³/mol. The van der Waals surface area contributed by atoms with E-state index < -0.39 is 0 Å². The third kappa shape index (κ3) is 4.04. The second-order valence-electron chi connectivity index (χ2n) is 5.62. The maximum Gasteiger partial charge on any atom is 0.00187 e. The fraction of sp³-hybridized carbons (Fsp3) is 1.00. The van der Waals surface area contributed by atoms with Gasteiger partial charge in [0.1, 0.15) is 0 Å². The molecule has 0 saturated carbocycles. The topological polar surface area (TPSA) is 27.3 Å². The van der Waals surface area contributed by atoms with Crippen LogP contribution in [0.15, 0.2) is 0 Å². The van der Waals surface area contributed by atoms with Gasteiger partial charge in [-0.3, -0.25) is 0 Å². The number of rotatable bonds is 5. The van der Waals surface area contributed by atoms with Crippen molar-refractivity contribution in [1.29, 1.82) is 0 Å². The molecule has 2 rings (SSSR count). The van der Waals surface area contributed by atoms with Gasteiger partial charge in [-0.25, -0.2) is 0 Å². The highest BCUT2D eigenvalue weighted by Gasteiger charge is 2.17.